The zero-order valence-electron chi connectivity index (χ0n) is 14.3. The molecule has 4 nitrogen and oxygen atoms in total. The highest BCUT2D eigenvalue weighted by atomic mass is 32.1. The van der Waals surface area contributed by atoms with Gasteiger partial charge in [0, 0.05) is 18.0 Å². The van der Waals surface area contributed by atoms with E-state index in [0.29, 0.717) is 5.76 Å². The first-order valence-electron chi connectivity index (χ1n) is 8.17. The lowest BCUT2D eigenvalue weighted by Gasteiger charge is -2.22. The van der Waals surface area contributed by atoms with Crippen molar-refractivity contribution in [2.24, 2.45) is 0 Å². The zero-order chi connectivity index (χ0) is 17.6. The second kappa shape index (κ2) is 6.01. The molecule has 0 N–H and O–H groups in total. The van der Waals surface area contributed by atoms with E-state index in [9.17, 15) is 4.79 Å². The van der Waals surface area contributed by atoms with E-state index in [4.69, 9.17) is 4.42 Å². The van der Waals surface area contributed by atoms with Crippen LogP contribution in [0.2, 0.25) is 0 Å². The molecule has 1 atom stereocenters. The summed E-state index contributed by atoms with van der Waals surface area (Å²) in [5.74, 6) is 0.275. The van der Waals surface area contributed by atoms with Crippen LogP contribution >= 0.6 is 11.3 Å². The summed E-state index contributed by atoms with van der Waals surface area (Å²) in [7, 11) is 1.80. The average molecular weight is 350 g/mol. The molecule has 4 aromatic rings. The van der Waals surface area contributed by atoms with Gasteiger partial charge < -0.3 is 9.32 Å². The Morgan fingerprint density at radius 1 is 1.16 bits per heavy atom. The minimum Gasteiger partial charge on any atom is -0.451 e. The average Bonchev–Trinajstić information content (AvgIpc) is 3.21. The summed E-state index contributed by atoms with van der Waals surface area (Å²) in [6.45, 7) is 3.92. The van der Waals surface area contributed by atoms with Crippen LogP contribution in [0.3, 0.4) is 0 Å². The molecule has 0 aliphatic rings. The zero-order valence-corrected chi connectivity index (χ0v) is 15.1. The summed E-state index contributed by atoms with van der Waals surface area (Å²) in [6.07, 6.45) is 0. The highest BCUT2D eigenvalue weighted by molar-refractivity contribution is 7.18. The Balaban J connectivity index is 1.67. The van der Waals surface area contributed by atoms with Gasteiger partial charge in [-0.2, -0.15) is 0 Å². The van der Waals surface area contributed by atoms with E-state index in [1.165, 1.54) is 0 Å². The van der Waals surface area contributed by atoms with E-state index < -0.39 is 0 Å². The van der Waals surface area contributed by atoms with Crippen LogP contribution in [-0.2, 0) is 0 Å². The molecule has 2 aromatic carbocycles. The van der Waals surface area contributed by atoms with Crippen molar-refractivity contribution in [3.8, 4) is 0 Å². The van der Waals surface area contributed by atoms with Gasteiger partial charge in [0.15, 0.2) is 5.76 Å². The third-order valence-electron chi connectivity index (χ3n) is 4.61. The highest BCUT2D eigenvalue weighted by Gasteiger charge is 2.26. The SMILES string of the molecule is Cc1c(C(=O)N(C)[C@@H](C)c2nc3ccccc3s2)oc2ccccc12. The van der Waals surface area contributed by atoms with Crippen LogP contribution in [0.25, 0.3) is 21.2 Å². The third-order valence-corrected chi connectivity index (χ3v) is 5.81. The summed E-state index contributed by atoms with van der Waals surface area (Å²) in [5, 5.41) is 1.90. The molecule has 0 aliphatic heterocycles. The number of amides is 1. The number of aromatic nitrogens is 1. The second-order valence-corrected chi connectivity index (χ2v) is 7.23. The van der Waals surface area contributed by atoms with Crippen molar-refractivity contribution in [1.29, 1.82) is 0 Å². The van der Waals surface area contributed by atoms with Crippen molar-refractivity contribution in [1.82, 2.24) is 9.88 Å². The normalized spacial score (nSPS) is 12.6. The van der Waals surface area contributed by atoms with Crippen LogP contribution in [0.1, 0.15) is 34.1 Å². The molecule has 2 aromatic heterocycles. The van der Waals surface area contributed by atoms with Gasteiger partial charge in [0.2, 0.25) is 0 Å². The number of thiazole rings is 1. The molecular weight excluding hydrogens is 332 g/mol. The fourth-order valence-corrected chi connectivity index (χ4v) is 4.01. The topological polar surface area (TPSA) is 46.3 Å². The van der Waals surface area contributed by atoms with Crippen LogP contribution in [-0.4, -0.2) is 22.8 Å². The molecule has 1 amide bonds. The number of furan rings is 1. The molecule has 0 fully saturated rings. The monoisotopic (exact) mass is 350 g/mol. The molecule has 0 saturated carbocycles. The number of para-hydroxylation sites is 2. The van der Waals surface area contributed by atoms with Crippen LogP contribution in [0.5, 0.6) is 0 Å². The van der Waals surface area contributed by atoms with Gasteiger partial charge >= 0.3 is 0 Å². The molecule has 126 valence electrons. The van der Waals surface area contributed by atoms with E-state index in [0.717, 1.165) is 31.8 Å². The lowest BCUT2D eigenvalue weighted by Crippen LogP contribution is -2.29. The van der Waals surface area contributed by atoms with Gasteiger partial charge in [-0.15, -0.1) is 11.3 Å². The van der Waals surface area contributed by atoms with E-state index in [1.54, 1.807) is 23.3 Å². The number of aryl methyl sites for hydroxylation is 1. The number of fused-ring (bicyclic) bond motifs is 2. The number of nitrogens with zero attached hydrogens (tertiary/aromatic N) is 2. The fraction of sp³-hybridized carbons (Fsp3) is 0.200. The lowest BCUT2D eigenvalue weighted by molar-refractivity contribution is 0.0711. The van der Waals surface area contributed by atoms with Crippen molar-refractivity contribution >= 4 is 38.4 Å². The van der Waals surface area contributed by atoms with Gasteiger partial charge in [0.1, 0.15) is 10.6 Å². The number of carbonyl (C=O) groups is 1. The van der Waals surface area contributed by atoms with Crippen molar-refractivity contribution in [3.63, 3.8) is 0 Å². The molecule has 25 heavy (non-hydrogen) atoms. The Morgan fingerprint density at radius 2 is 1.88 bits per heavy atom. The van der Waals surface area contributed by atoms with Crippen molar-refractivity contribution in [2.45, 2.75) is 19.9 Å². The standard InChI is InChI=1S/C20H18N2O2S/c1-12-14-8-4-6-10-16(14)24-18(12)20(23)22(3)13(2)19-21-15-9-5-7-11-17(15)25-19/h4-11,13H,1-3H3/t13-/m0/s1. The summed E-state index contributed by atoms with van der Waals surface area (Å²) < 4.78 is 6.95. The molecule has 0 spiro atoms. The smallest absolute Gasteiger partial charge is 0.290 e. The molecule has 0 saturated heterocycles. The number of rotatable bonds is 3. The molecule has 0 bridgehead atoms. The van der Waals surface area contributed by atoms with Crippen molar-refractivity contribution < 1.29 is 9.21 Å². The molecule has 0 aliphatic carbocycles. The van der Waals surface area contributed by atoms with Crippen LogP contribution < -0.4 is 0 Å². The number of carbonyl (C=O) groups excluding carboxylic acids is 1. The van der Waals surface area contributed by atoms with Crippen molar-refractivity contribution in [2.75, 3.05) is 7.05 Å². The van der Waals surface area contributed by atoms with Crippen LogP contribution in [0.4, 0.5) is 0 Å². The van der Waals surface area contributed by atoms with Gasteiger partial charge in [0.25, 0.3) is 5.91 Å². The Kier molecular flexibility index (Phi) is 3.81. The van der Waals surface area contributed by atoms with Crippen LogP contribution in [0.15, 0.2) is 52.9 Å². The van der Waals surface area contributed by atoms with Gasteiger partial charge in [-0.1, -0.05) is 30.3 Å². The van der Waals surface area contributed by atoms with Gasteiger partial charge in [0.05, 0.1) is 16.3 Å². The summed E-state index contributed by atoms with van der Waals surface area (Å²) in [5.41, 5.74) is 2.59. The van der Waals surface area contributed by atoms with E-state index >= 15 is 0 Å². The summed E-state index contributed by atoms with van der Waals surface area (Å²) in [6, 6.07) is 15.6. The predicted molar refractivity (Wildman–Crippen MR) is 101 cm³/mol. The van der Waals surface area contributed by atoms with Crippen molar-refractivity contribution in [3.05, 3.63) is 64.9 Å². The maximum absolute atomic E-state index is 13.0. The number of benzene rings is 2. The van der Waals surface area contributed by atoms with Crippen LogP contribution in [0, 0.1) is 6.92 Å². The van der Waals surface area contributed by atoms with Gasteiger partial charge in [-0.3, -0.25) is 4.79 Å². The third kappa shape index (κ3) is 2.61. The fourth-order valence-electron chi connectivity index (χ4n) is 2.95. The summed E-state index contributed by atoms with van der Waals surface area (Å²) in [4.78, 5) is 19.3. The minimum absolute atomic E-state index is 0.125. The molecule has 2 heterocycles. The summed E-state index contributed by atoms with van der Waals surface area (Å²) >= 11 is 1.62. The Morgan fingerprint density at radius 3 is 2.64 bits per heavy atom. The number of hydrogen-bond donors (Lipinski definition) is 0. The molecule has 0 unspecified atom stereocenters. The Hall–Kier alpha value is -2.66. The first-order chi connectivity index (χ1) is 12.1. The van der Waals surface area contributed by atoms with E-state index in [1.807, 2.05) is 56.3 Å². The van der Waals surface area contributed by atoms with E-state index in [-0.39, 0.29) is 11.9 Å². The molecule has 4 rings (SSSR count). The number of hydrogen-bond acceptors (Lipinski definition) is 4. The lowest BCUT2D eigenvalue weighted by atomic mass is 10.1. The molecule has 5 heteroatoms. The maximum Gasteiger partial charge on any atom is 0.290 e. The molecule has 0 radical (unpaired) electrons. The Bertz CT molecular complexity index is 1050. The quantitative estimate of drug-likeness (QED) is 0.511. The minimum atomic E-state index is -0.127. The second-order valence-electron chi connectivity index (χ2n) is 6.16. The highest BCUT2D eigenvalue weighted by Crippen LogP contribution is 2.31. The maximum atomic E-state index is 13.0. The first kappa shape index (κ1) is 15.8. The van der Waals surface area contributed by atoms with E-state index in [2.05, 4.69) is 11.1 Å². The predicted octanol–water partition coefficient (Wildman–Crippen LogP) is 5.18. The van der Waals surface area contributed by atoms with Gasteiger partial charge in [-0.25, -0.2) is 4.98 Å². The molecular formula is C20H18N2O2S. The largest absolute Gasteiger partial charge is 0.451 e. The van der Waals surface area contributed by atoms with Gasteiger partial charge in [-0.05, 0) is 32.0 Å². The first-order valence-corrected chi connectivity index (χ1v) is 8.98. The Labute approximate surface area is 149 Å².